The molecule has 1 aliphatic rings. The summed E-state index contributed by atoms with van der Waals surface area (Å²) in [6, 6.07) is 1.99. The SMILES string of the molecule is Clc1sccc1C#CC1CCNCC1. The number of nitrogens with one attached hydrogen (secondary N) is 1. The van der Waals surface area contributed by atoms with Crippen molar-refractivity contribution < 1.29 is 0 Å². The van der Waals surface area contributed by atoms with Crippen molar-refractivity contribution in [3.8, 4) is 11.8 Å². The molecule has 1 aromatic rings. The third-order valence-electron chi connectivity index (χ3n) is 2.37. The van der Waals surface area contributed by atoms with Gasteiger partial charge >= 0.3 is 0 Å². The summed E-state index contributed by atoms with van der Waals surface area (Å²) in [5, 5.41) is 5.31. The first kappa shape index (κ1) is 10.0. The average molecular weight is 226 g/mol. The summed E-state index contributed by atoms with van der Waals surface area (Å²) in [4.78, 5) is 0. The number of halogens is 1. The number of thiophene rings is 1. The van der Waals surface area contributed by atoms with Crippen LogP contribution in [0.2, 0.25) is 4.34 Å². The smallest absolute Gasteiger partial charge is 0.108 e. The van der Waals surface area contributed by atoms with Gasteiger partial charge in [0.1, 0.15) is 4.34 Å². The summed E-state index contributed by atoms with van der Waals surface area (Å²) in [7, 11) is 0. The maximum atomic E-state index is 5.96. The van der Waals surface area contributed by atoms with E-state index in [1.807, 2.05) is 11.4 Å². The third-order valence-corrected chi connectivity index (χ3v) is 3.54. The lowest BCUT2D eigenvalue weighted by Gasteiger charge is -2.17. The highest BCUT2D eigenvalue weighted by atomic mass is 35.5. The molecule has 0 spiro atoms. The number of hydrogen-bond acceptors (Lipinski definition) is 2. The second-order valence-corrected chi connectivity index (χ2v) is 4.92. The van der Waals surface area contributed by atoms with E-state index >= 15 is 0 Å². The Hall–Kier alpha value is -0.490. The minimum absolute atomic E-state index is 0.548. The van der Waals surface area contributed by atoms with E-state index in [-0.39, 0.29) is 0 Å². The highest BCUT2D eigenvalue weighted by Crippen LogP contribution is 2.21. The summed E-state index contributed by atoms with van der Waals surface area (Å²) in [5.74, 6) is 7.01. The Bertz CT molecular complexity index is 355. The second-order valence-electron chi connectivity index (χ2n) is 3.40. The maximum Gasteiger partial charge on any atom is 0.108 e. The van der Waals surface area contributed by atoms with Crippen molar-refractivity contribution in [2.45, 2.75) is 12.8 Å². The van der Waals surface area contributed by atoms with E-state index in [1.165, 1.54) is 0 Å². The van der Waals surface area contributed by atoms with Gasteiger partial charge in [-0.15, -0.1) is 11.3 Å². The summed E-state index contributed by atoms with van der Waals surface area (Å²) < 4.78 is 0.812. The van der Waals surface area contributed by atoms with Crippen molar-refractivity contribution in [3.63, 3.8) is 0 Å². The molecule has 14 heavy (non-hydrogen) atoms. The Morgan fingerprint density at radius 1 is 1.43 bits per heavy atom. The fraction of sp³-hybridized carbons (Fsp3) is 0.455. The normalized spacial score (nSPS) is 17.5. The molecule has 0 aromatic carbocycles. The van der Waals surface area contributed by atoms with Gasteiger partial charge < -0.3 is 5.32 Å². The zero-order valence-corrected chi connectivity index (χ0v) is 9.42. The molecule has 2 rings (SSSR count). The van der Waals surface area contributed by atoms with Crippen molar-refractivity contribution in [2.75, 3.05) is 13.1 Å². The fourth-order valence-electron chi connectivity index (χ4n) is 1.53. The molecule has 3 heteroatoms. The average Bonchev–Trinajstić information content (AvgIpc) is 2.63. The van der Waals surface area contributed by atoms with E-state index in [0.29, 0.717) is 5.92 Å². The van der Waals surface area contributed by atoms with Gasteiger partial charge in [-0.05, 0) is 37.4 Å². The summed E-state index contributed by atoms with van der Waals surface area (Å²) in [6.45, 7) is 2.19. The quantitative estimate of drug-likeness (QED) is 0.670. The molecule has 0 bridgehead atoms. The summed E-state index contributed by atoms with van der Waals surface area (Å²) in [5.41, 5.74) is 0.982. The molecular formula is C11H12ClNS. The van der Waals surface area contributed by atoms with E-state index in [2.05, 4.69) is 17.2 Å². The standard InChI is InChI=1S/C11H12ClNS/c12-11-10(5-8-14-11)2-1-9-3-6-13-7-4-9/h5,8-9,13H,3-4,6-7H2. The Balaban J connectivity index is 2.02. The lowest BCUT2D eigenvalue weighted by molar-refractivity contribution is 0.447. The molecule has 0 amide bonds. The van der Waals surface area contributed by atoms with Crippen molar-refractivity contribution in [1.29, 1.82) is 0 Å². The molecule has 1 aliphatic heterocycles. The van der Waals surface area contributed by atoms with E-state index < -0.39 is 0 Å². The molecule has 0 unspecified atom stereocenters. The van der Waals surface area contributed by atoms with Gasteiger partial charge in [0, 0.05) is 5.92 Å². The highest BCUT2D eigenvalue weighted by molar-refractivity contribution is 7.14. The van der Waals surface area contributed by atoms with Crippen LogP contribution >= 0.6 is 22.9 Å². The highest BCUT2D eigenvalue weighted by Gasteiger charge is 2.09. The largest absolute Gasteiger partial charge is 0.317 e. The Morgan fingerprint density at radius 2 is 2.21 bits per heavy atom. The number of rotatable bonds is 0. The van der Waals surface area contributed by atoms with E-state index in [1.54, 1.807) is 11.3 Å². The van der Waals surface area contributed by atoms with Crippen LogP contribution in [0.15, 0.2) is 11.4 Å². The number of hydrogen-bond donors (Lipinski definition) is 1. The van der Waals surface area contributed by atoms with Crippen molar-refractivity contribution in [3.05, 3.63) is 21.3 Å². The van der Waals surface area contributed by atoms with E-state index in [4.69, 9.17) is 11.6 Å². The Kier molecular flexibility index (Phi) is 3.47. The maximum absolute atomic E-state index is 5.96. The first-order valence-corrected chi connectivity index (χ1v) is 6.07. The van der Waals surface area contributed by atoms with Gasteiger partial charge in [0.25, 0.3) is 0 Å². The summed E-state index contributed by atoms with van der Waals surface area (Å²) >= 11 is 7.50. The van der Waals surface area contributed by atoms with Gasteiger partial charge in [-0.2, -0.15) is 0 Å². The first-order valence-electron chi connectivity index (χ1n) is 4.81. The van der Waals surface area contributed by atoms with Gasteiger partial charge in [0.2, 0.25) is 0 Å². The van der Waals surface area contributed by atoms with Crippen LogP contribution in [0, 0.1) is 17.8 Å². The molecule has 0 radical (unpaired) electrons. The monoisotopic (exact) mass is 225 g/mol. The van der Waals surface area contributed by atoms with Crippen molar-refractivity contribution in [1.82, 2.24) is 5.32 Å². The van der Waals surface area contributed by atoms with Gasteiger partial charge in [-0.25, -0.2) is 0 Å². The van der Waals surface area contributed by atoms with E-state index in [0.717, 1.165) is 35.8 Å². The van der Waals surface area contributed by atoms with Crippen LogP contribution in [-0.2, 0) is 0 Å². The predicted octanol–water partition coefficient (Wildman–Crippen LogP) is 2.75. The predicted molar refractivity (Wildman–Crippen MR) is 61.8 cm³/mol. The summed E-state index contributed by atoms with van der Waals surface area (Å²) in [6.07, 6.45) is 2.32. The topological polar surface area (TPSA) is 12.0 Å². The molecule has 0 atom stereocenters. The second kappa shape index (κ2) is 4.84. The molecular weight excluding hydrogens is 214 g/mol. The minimum Gasteiger partial charge on any atom is -0.317 e. The van der Waals surface area contributed by atoms with Crippen LogP contribution in [0.25, 0.3) is 0 Å². The van der Waals surface area contributed by atoms with Gasteiger partial charge in [0.15, 0.2) is 0 Å². The van der Waals surface area contributed by atoms with Gasteiger partial charge in [-0.3, -0.25) is 0 Å². The Morgan fingerprint density at radius 3 is 2.86 bits per heavy atom. The number of piperidine rings is 1. The molecule has 1 fully saturated rings. The fourth-order valence-corrected chi connectivity index (χ4v) is 2.36. The zero-order chi connectivity index (χ0) is 9.80. The van der Waals surface area contributed by atoms with Crippen LogP contribution in [0.3, 0.4) is 0 Å². The van der Waals surface area contributed by atoms with Crippen LogP contribution in [0.4, 0.5) is 0 Å². The van der Waals surface area contributed by atoms with Crippen LogP contribution in [0.1, 0.15) is 18.4 Å². The third kappa shape index (κ3) is 2.51. The van der Waals surface area contributed by atoms with Crippen LogP contribution < -0.4 is 5.32 Å². The van der Waals surface area contributed by atoms with Crippen LogP contribution in [-0.4, -0.2) is 13.1 Å². The molecule has 0 aliphatic carbocycles. The minimum atomic E-state index is 0.548. The van der Waals surface area contributed by atoms with Crippen molar-refractivity contribution in [2.24, 2.45) is 5.92 Å². The van der Waals surface area contributed by atoms with Gasteiger partial charge in [-0.1, -0.05) is 23.4 Å². The molecule has 2 heterocycles. The Labute approximate surface area is 93.5 Å². The lowest BCUT2D eigenvalue weighted by atomic mass is 9.99. The van der Waals surface area contributed by atoms with Crippen LogP contribution in [0.5, 0.6) is 0 Å². The molecule has 1 saturated heterocycles. The molecule has 0 saturated carbocycles. The zero-order valence-electron chi connectivity index (χ0n) is 7.85. The lowest BCUT2D eigenvalue weighted by Crippen LogP contribution is -2.26. The van der Waals surface area contributed by atoms with E-state index in [9.17, 15) is 0 Å². The first-order chi connectivity index (χ1) is 6.86. The molecule has 1 aromatic heterocycles. The molecule has 1 nitrogen and oxygen atoms in total. The molecule has 74 valence electrons. The molecule has 1 N–H and O–H groups in total. The van der Waals surface area contributed by atoms with Gasteiger partial charge in [0.05, 0.1) is 5.56 Å². The van der Waals surface area contributed by atoms with Crippen molar-refractivity contribution >= 4 is 22.9 Å².